The first kappa shape index (κ1) is 16.4. The molecule has 21 heavy (non-hydrogen) atoms. The van der Waals surface area contributed by atoms with Crippen LogP contribution in [0.15, 0.2) is 17.0 Å². The molecule has 1 fully saturated rings. The number of aryl methyl sites for hydroxylation is 1. The van der Waals surface area contributed by atoms with Crippen LogP contribution in [0.5, 0.6) is 0 Å². The largest absolute Gasteiger partial charge is 0.392 e. The van der Waals surface area contributed by atoms with Crippen LogP contribution in [-0.4, -0.2) is 30.4 Å². The van der Waals surface area contributed by atoms with E-state index in [-0.39, 0.29) is 22.1 Å². The SMILES string of the molecule is Cc1cc(S(=O)(=O)N2CCCCCC2C)cc(CO)c1F. The van der Waals surface area contributed by atoms with Gasteiger partial charge in [0.2, 0.25) is 10.0 Å². The molecule has 1 heterocycles. The molecule has 1 aromatic carbocycles. The van der Waals surface area contributed by atoms with Crippen molar-refractivity contribution in [2.45, 2.75) is 57.1 Å². The number of benzene rings is 1. The minimum atomic E-state index is -3.65. The Balaban J connectivity index is 2.45. The van der Waals surface area contributed by atoms with Crippen LogP contribution >= 0.6 is 0 Å². The number of sulfonamides is 1. The summed E-state index contributed by atoms with van der Waals surface area (Å²) in [4.78, 5) is 0.0687. The Morgan fingerprint density at radius 1 is 1.33 bits per heavy atom. The number of hydrogen-bond donors (Lipinski definition) is 1. The molecule has 2 rings (SSSR count). The van der Waals surface area contributed by atoms with Crippen molar-refractivity contribution in [2.24, 2.45) is 0 Å². The molecule has 0 amide bonds. The van der Waals surface area contributed by atoms with E-state index in [0.29, 0.717) is 6.54 Å². The molecule has 1 saturated heterocycles. The van der Waals surface area contributed by atoms with Crippen molar-refractivity contribution in [1.82, 2.24) is 4.31 Å². The highest BCUT2D eigenvalue weighted by molar-refractivity contribution is 7.89. The summed E-state index contributed by atoms with van der Waals surface area (Å²) in [7, 11) is -3.65. The Kier molecular flexibility index (Phi) is 5.01. The maximum Gasteiger partial charge on any atom is 0.243 e. The minimum Gasteiger partial charge on any atom is -0.392 e. The highest BCUT2D eigenvalue weighted by atomic mass is 32.2. The van der Waals surface area contributed by atoms with Gasteiger partial charge in [-0.2, -0.15) is 4.31 Å². The number of hydrogen-bond acceptors (Lipinski definition) is 3. The summed E-state index contributed by atoms with van der Waals surface area (Å²) in [5.41, 5.74) is 0.263. The van der Waals surface area contributed by atoms with E-state index in [4.69, 9.17) is 0 Å². The zero-order valence-electron chi connectivity index (χ0n) is 12.5. The van der Waals surface area contributed by atoms with Crippen molar-refractivity contribution in [1.29, 1.82) is 0 Å². The van der Waals surface area contributed by atoms with Crippen molar-refractivity contribution < 1.29 is 17.9 Å². The lowest BCUT2D eigenvalue weighted by molar-refractivity contribution is 0.275. The van der Waals surface area contributed by atoms with E-state index >= 15 is 0 Å². The molecule has 0 spiro atoms. The van der Waals surface area contributed by atoms with Crippen molar-refractivity contribution in [2.75, 3.05) is 6.54 Å². The molecule has 0 saturated carbocycles. The second-order valence-corrected chi connectivity index (χ2v) is 7.58. The zero-order valence-corrected chi connectivity index (χ0v) is 13.3. The Bertz CT molecular complexity index is 616. The second-order valence-electron chi connectivity index (χ2n) is 5.69. The van der Waals surface area contributed by atoms with Gasteiger partial charge in [-0.1, -0.05) is 12.8 Å². The van der Waals surface area contributed by atoms with Crippen molar-refractivity contribution in [3.05, 3.63) is 29.1 Å². The van der Waals surface area contributed by atoms with Crippen LogP contribution in [0.4, 0.5) is 4.39 Å². The monoisotopic (exact) mass is 315 g/mol. The van der Waals surface area contributed by atoms with Crippen LogP contribution in [0.1, 0.15) is 43.7 Å². The topological polar surface area (TPSA) is 57.6 Å². The van der Waals surface area contributed by atoms with E-state index in [1.807, 2.05) is 6.92 Å². The quantitative estimate of drug-likeness (QED) is 0.932. The van der Waals surface area contributed by atoms with Crippen molar-refractivity contribution >= 4 is 10.0 Å². The molecule has 0 bridgehead atoms. The van der Waals surface area contributed by atoms with E-state index in [1.54, 1.807) is 0 Å². The molecule has 1 unspecified atom stereocenters. The van der Waals surface area contributed by atoms with Gasteiger partial charge in [0.05, 0.1) is 11.5 Å². The third-order valence-electron chi connectivity index (χ3n) is 4.07. The second kappa shape index (κ2) is 6.42. The Morgan fingerprint density at radius 3 is 2.71 bits per heavy atom. The van der Waals surface area contributed by atoms with Gasteiger partial charge in [0.15, 0.2) is 0 Å². The fraction of sp³-hybridized carbons (Fsp3) is 0.600. The molecule has 1 atom stereocenters. The number of aliphatic hydroxyl groups excluding tert-OH is 1. The van der Waals surface area contributed by atoms with E-state index in [9.17, 15) is 17.9 Å². The van der Waals surface area contributed by atoms with Crippen LogP contribution in [0, 0.1) is 12.7 Å². The fourth-order valence-electron chi connectivity index (χ4n) is 2.81. The van der Waals surface area contributed by atoms with Crippen molar-refractivity contribution in [3.63, 3.8) is 0 Å². The van der Waals surface area contributed by atoms with Gasteiger partial charge < -0.3 is 5.11 Å². The third-order valence-corrected chi connectivity index (χ3v) is 6.06. The van der Waals surface area contributed by atoms with Crippen LogP contribution in [0.25, 0.3) is 0 Å². The maximum absolute atomic E-state index is 13.8. The molecule has 4 nitrogen and oxygen atoms in total. The first-order valence-corrected chi connectivity index (χ1v) is 8.73. The standard InChI is InChI=1S/C15H22FNO3S/c1-11-8-14(9-13(10-18)15(11)16)21(19,20)17-7-5-3-4-6-12(17)2/h8-9,12,18H,3-7,10H2,1-2H3. The molecule has 1 aromatic rings. The average molecular weight is 315 g/mol. The summed E-state index contributed by atoms with van der Waals surface area (Å²) in [6, 6.07) is 2.54. The third kappa shape index (κ3) is 3.27. The molecule has 118 valence electrons. The molecule has 0 radical (unpaired) electrons. The summed E-state index contributed by atoms with van der Waals surface area (Å²) in [6.07, 6.45) is 3.74. The summed E-state index contributed by atoms with van der Waals surface area (Å²) >= 11 is 0. The molecule has 1 aliphatic heterocycles. The maximum atomic E-state index is 13.8. The van der Waals surface area contributed by atoms with Gasteiger partial charge in [-0.05, 0) is 44.4 Å². The summed E-state index contributed by atoms with van der Waals surface area (Å²) < 4.78 is 40.9. The normalized spacial score (nSPS) is 21.2. The number of halogens is 1. The Morgan fingerprint density at radius 2 is 2.05 bits per heavy atom. The van der Waals surface area contributed by atoms with Gasteiger partial charge in [-0.3, -0.25) is 0 Å². The fourth-order valence-corrected chi connectivity index (χ4v) is 4.65. The van der Waals surface area contributed by atoms with E-state index < -0.39 is 22.4 Å². The summed E-state index contributed by atoms with van der Waals surface area (Å²) in [5, 5.41) is 9.19. The van der Waals surface area contributed by atoms with Gasteiger partial charge in [0, 0.05) is 18.2 Å². The molecule has 1 aliphatic rings. The smallest absolute Gasteiger partial charge is 0.243 e. The van der Waals surface area contributed by atoms with Gasteiger partial charge >= 0.3 is 0 Å². The molecular formula is C15H22FNO3S. The van der Waals surface area contributed by atoms with Gasteiger partial charge in [-0.15, -0.1) is 0 Å². The van der Waals surface area contributed by atoms with Gasteiger partial charge in [0.25, 0.3) is 0 Å². The lowest BCUT2D eigenvalue weighted by Crippen LogP contribution is -2.38. The number of nitrogens with zero attached hydrogens (tertiary/aromatic N) is 1. The van der Waals surface area contributed by atoms with Crippen LogP contribution < -0.4 is 0 Å². The average Bonchev–Trinajstić information content (AvgIpc) is 2.66. The Hall–Kier alpha value is -0.980. The van der Waals surface area contributed by atoms with E-state index in [2.05, 4.69) is 0 Å². The zero-order chi connectivity index (χ0) is 15.6. The summed E-state index contributed by atoms with van der Waals surface area (Å²) in [5.74, 6) is -0.541. The lowest BCUT2D eigenvalue weighted by Gasteiger charge is -2.26. The van der Waals surface area contributed by atoms with E-state index in [0.717, 1.165) is 25.7 Å². The predicted molar refractivity (Wildman–Crippen MR) is 78.9 cm³/mol. The summed E-state index contributed by atoms with van der Waals surface area (Å²) in [6.45, 7) is 3.41. The van der Waals surface area contributed by atoms with Crippen LogP contribution in [0.2, 0.25) is 0 Å². The van der Waals surface area contributed by atoms with E-state index in [1.165, 1.54) is 23.4 Å². The first-order valence-electron chi connectivity index (χ1n) is 7.29. The number of rotatable bonds is 3. The molecule has 0 aromatic heterocycles. The number of aliphatic hydroxyl groups is 1. The van der Waals surface area contributed by atoms with Gasteiger partial charge in [0.1, 0.15) is 5.82 Å². The van der Waals surface area contributed by atoms with Crippen molar-refractivity contribution in [3.8, 4) is 0 Å². The first-order chi connectivity index (χ1) is 9.87. The minimum absolute atomic E-state index is 0.0241. The Labute approximate surface area is 125 Å². The lowest BCUT2D eigenvalue weighted by atomic mass is 10.1. The van der Waals surface area contributed by atoms with Gasteiger partial charge in [-0.25, -0.2) is 12.8 Å². The van der Waals surface area contributed by atoms with Crippen LogP contribution in [0.3, 0.4) is 0 Å². The highest BCUT2D eigenvalue weighted by Gasteiger charge is 2.30. The molecule has 1 N–H and O–H groups in total. The molecular weight excluding hydrogens is 293 g/mol. The molecule has 0 aliphatic carbocycles. The predicted octanol–water partition coefficient (Wildman–Crippen LogP) is 2.58. The van der Waals surface area contributed by atoms with Crippen LogP contribution in [-0.2, 0) is 16.6 Å². The highest BCUT2D eigenvalue weighted by Crippen LogP contribution is 2.27. The molecule has 6 heteroatoms.